The molecule has 1 aliphatic heterocycles. The van der Waals surface area contributed by atoms with E-state index in [2.05, 4.69) is 0 Å². The van der Waals surface area contributed by atoms with Crippen molar-refractivity contribution in [2.75, 3.05) is 13.1 Å². The number of thiophene rings is 1. The molecule has 1 N–H and O–H groups in total. The zero-order valence-electron chi connectivity index (χ0n) is 9.68. The Bertz CT molecular complexity index is 441. The summed E-state index contributed by atoms with van der Waals surface area (Å²) < 4.78 is 0. The molecule has 0 aliphatic carbocycles. The van der Waals surface area contributed by atoms with Gasteiger partial charge in [0.25, 0.3) is 5.91 Å². The van der Waals surface area contributed by atoms with Crippen LogP contribution in [0.2, 0.25) is 0 Å². The van der Waals surface area contributed by atoms with Crippen molar-refractivity contribution in [2.24, 2.45) is 5.92 Å². The molecule has 0 bridgehead atoms. The van der Waals surface area contributed by atoms with Gasteiger partial charge in [-0.15, -0.1) is 0 Å². The summed E-state index contributed by atoms with van der Waals surface area (Å²) in [4.78, 5) is 24.8. The van der Waals surface area contributed by atoms with Gasteiger partial charge in [0.05, 0.1) is 11.5 Å². The number of nitrogens with zero attached hydrogens (tertiary/aromatic N) is 1. The standard InChI is InChI=1S/C12H15NO3S/c1-8-6-17-7-10(8)11(14)13-4-2-3-9(5-13)12(15)16/h6-7,9H,2-5H2,1H3,(H,15,16). The van der Waals surface area contributed by atoms with Gasteiger partial charge in [0, 0.05) is 18.5 Å². The number of rotatable bonds is 2. The number of carboxylic acids is 1. The zero-order chi connectivity index (χ0) is 12.4. The van der Waals surface area contributed by atoms with E-state index >= 15 is 0 Å². The molecule has 2 heterocycles. The van der Waals surface area contributed by atoms with E-state index < -0.39 is 11.9 Å². The summed E-state index contributed by atoms with van der Waals surface area (Å²) >= 11 is 1.50. The zero-order valence-corrected chi connectivity index (χ0v) is 10.5. The second-order valence-corrected chi connectivity index (χ2v) is 5.14. The number of carboxylic acid groups (broad SMARTS) is 1. The van der Waals surface area contributed by atoms with Crippen LogP contribution in [0.25, 0.3) is 0 Å². The fourth-order valence-corrected chi connectivity index (χ4v) is 2.94. The average molecular weight is 253 g/mol. The number of aliphatic carboxylic acids is 1. The van der Waals surface area contributed by atoms with Crippen molar-refractivity contribution in [3.63, 3.8) is 0 Å². The van der Waals surface area contributed by atoms with Crippen molar-refractivity contribution in [2.45, 2.75) is 19.8 Å². The van der Waals surface area contributed by atoms with Crippen molar-refractivity contribution < 1.29 is 14.7 Å². The molecule has 0 radical (unpaired) electrons. The second-order valence-electron chi connectivity index (χ2n) is 4.40. The molecule has 0 aromatic carbocycles. The lowest BCUT2D eigenvalue weighted by Gasteiger charge is -2.30. The summed E-state index contributed by atoms with van der Waals surface area (Å²) in [6, 6.07) is 0. The van der Waals surface area contributed by atoms with E-state index in [0.717, 1.165) is 12.0 Å². The Morgan fingerprint density at radius 1 is 1.47 bits per heavy atom. The van der Waals surface area contributed by atoms with Crippen molar-refractivity contribution in [1.82, 2.24) is 4.90 Å². The topological polar surface area (TPSA) is 57.6 Å². The molecular formula is C12H15NO3S. The first-order valence-corrected chi connectivity index (χ1v) is 6.58. The summed E-state index contributed by atoms with van der Waals surface area (Å²) in [6.45, 7) is 2.91. The maximum Gasteiger partial charge on any atom is 0.308 e. The molecule has 1 amide bonds. The van der Waals surface area contributed by atoms with E-state index in [1.807, 2.05) is 17.7 Å². The van der Waals surface area contributed by atoms with Crippen LogP contribution < -0.4 is 0 Å². The van der Waals surface area contributed by atoms with Crippen molar-refractivity contribution in [1.29, 1.82) is 0 Å². The van der Waals surface area contributed by atoms with Crippen LogP contribution in [0.5, 0.6) is 0 Å². The number of aryl methyl sites for hydroxylation is 1. The molecular weight excluding hydrogens is 238 g/mol. The minimum atomic E-state index is -0.801. The minimum Gasteiger partial charge on any atom is -0.481 e. The third-order valence-corrected chi connectivity index (χ3v) is 4.01. The normalized spacial score (nSPS) is 20.3. The van der Waals surface area contributed by atoms with Crippen LogP contribution >= 0.6 is 11.3 Å². The summed E-state index contributed by atoms with van der Waals surface area (Å²) in [5.74, 6) is -1.24. The lowest BCUT2D eigenvalue weighted by atomic mass is 9.97. The van der Waals surface area contributed by atoms with Crippen LogP contribution in [-0.2, 0) is 4.79 Å². The van der Waals surface area contributed by atoms with Crippen LogP contribution in [-0.4, -0.2) is 35.0 Å². The number of carbonyl (C=O) groups excluding carboxylic acids is 1. The van der Waals surface area contributed by atoms with Gasteiger partial charge < -0.3 is 10.0 Å². The molecule has 1 saturated heterocycles. The van der Waals surface area contributed by atoms with Crippen LogP contribution in [0.15, 0.2) is 10.8 Å². The first-order chi connectivity index (χ1) is 8.09. The highest BCUT2D eigenvalue weighted by Gasteiger charge is 2.29. The molecule has 4 nitrogen and oxygen atoms in total. The number of likely N-dealkylation sites (tertiary alicyclic amines) is 1. The Morgan fingerprint density at radius 2 is 2.24 bits per heavy atom. The average Bonchev–Trinajstić information content (AvgIpc) is 2.74. The number of hydrogen-bond donors (Lipinski definition) is 1. The van der Waals surface area contributed by atoms with E-state index in [1.54, 1.807) is 4.90 Å². The first-order valence-electron chi connectivity index (χ1n) is 5.64. The minimum absolute atomic E-state index is 0.0327. The predicted molar refractivity (Wildman–Crippen MR) is 65.3 cm³/mol. The van der Waals surface area contributed by atoms with E-state index in [0.29, 0.717) is 25.1 Å². The van der Waals surface area contributed by atoms with E-state index in [1.165, 1.54) is 11.3 Å². The second kappa shape index (κ2) is 4.87. The third kappa shape index (κ3) is 2.49. The molecule has 1 aromatic rings. The number of hydrogen-bond acceptors (Lipinski definition) is 3. The molecule has 1 unspecified atom stereocenters. The van der Waals surface area contributed by atoms with Gasteiger partial charge in [0.2, 0.25) is 0 Å². The first kappa shape index (κ1) is 12.1. The number of carbonyl (C=O) groups is 2. The SMILES string of the molecule is Cc1cscc1C(=O)N1CCCC(C(=O)O)C1. The van der Waals surface area contributed by atoms with E-state index in [-0.39, 0.29) is 5.91 Å². The van der Waals surface area contributed by atoms with Crippen molar-refractivity contribution in [3.8, 4) is 0 Å². The Kier molecular flexibility index (Phi) is 3.47. The molecule has 1 aromatic heterocycles. The molecule has 0 saturated carbocycles. The van der Waals surface area contributed by atoms with Gasteiger partial charge in [-0.1, -0.05) is 0 Å². The third-order valence-electron chi connectivity index (χ3n) is 3.14. The fraction of sp³-hybridized carbons (Fsp3) is 0.500. The fourth-order valence-electron chi connectivity index (χ4n) is 2.11. The lowest BCUT2D eigenvalue weighted by molar-refractivity contribution is -0.143. The molecule has 2 rings (SSSR count). The largest absolute Gasteiger partial charge is 0.481 e. The molecule has 5 heteroatoms. The van der Waals surface area contributed by atoms with Crippen LogP contribution in [0.1, 0.15) is 28.8 Å². The molecule has 0 spiro atoms. The molecule has 92 valence electrons. The maximum atomic E-state index is 12.2. The van der Waals surface area contributed by atoms with Gasteiger partial charge in [-0.25, -0.2) is 0 Å². The molecule has 1 aliphatic rings. The smallest absolute Gasteiger partial charge is 0.308 e. The highest BCUT2D eigenvalue weighted by Crippen LogP contribution is 2.21. The Hall–Kier alpha value is -1.36. The number of amides is 1. The number of piperidine rings is 1. The molecule has 1 fully saturated rings. The monoisotopic (exact) mass is 253 g/mol. The van der Waals surface area contributed by atoms with Crippen molar-refractivity contribution >= 4 is 23.2 Å². The maximum absolute atomic E-state index is 12.2. The predicted octanol–water partition coefficient (Wildman–Crippen LogP) is 1.99. The Balaban J connectivity index is 2.10. The summed E-state index contributed by atoms with van der Waals surface area (Å²) in [7, 11) is 0. The van der Waals surface area contributed by atoms with E-state index in [9.17, 15) is 9.59 Å². The summed E-state index contributed by atoms with van der Waals surface area (Å²) in [5.41, 5.74) is 1.68. The van der Waals surface area contributed by atoms with Gasteiger partial charge in [-0.3, -0.25) is 9.59 Å². The Labute approximate surface area is 104 Å². The molecule has 1 atom stereocenters. The highest BCUT2D eigenvalue weighted by molar-refractivity contribution is 7.08. The van der Waals surface area contributed by atoms with Crippen LogP contribution in [0.4, 0.5) is 0 Å². The highest BCUT2D eigenvalue weighted by atomic mass is 32.1. The van der Waals surface area contributed by atoms with Crippen LogP contribution in [0, 0.1) is 12.8 Å². The summed E-state index contributed by atoms with van der Waals surface area (Å²) in [5, 5.41) is 12.8. The van der Waals surface area contributed by atoms with Gasteiger partial charge in [-0.05, 0) is 30.7 Å². The summed E-state index contributed by atoms with van der Waals surface area (Å²) in [6.07, 6.45) is 1.44. The van der Waals surface area contributed by atoms with E-state index in [4.69, 9.17) is 5.11 Å². The van der Waals surface area contributed by atoms with Crippen molar-refractivity contribution in [3.05, 3.63) is 21.9 Å². The van der Waals surface area contributed by atoms with Crippen LogP contribution in [0.3, 0.4) is 0 Å². The van der Waals surface area contributed by atoms with Gasteiger partial charge >= 0.3 is 5.97 Å². The van der Waals surface area contributed by atoms with Gasteiger partial charge in [0.15, 0.2) is 0 Å². The van der Waals surface area contributed by atoms with Gasteiger partial charge in [0.1, 0.15) is 0 Å². The molecule has 17 heavy (non-hydrogen) atoms. The quantitative estimate of drug-likeness (QED) is 0.877. The van der Waals surface area contributed by atoms with Gasteiger partial charge in [-0.2, -0.15) is 11.3 Å². The lowest BCUT2D eigenvalue weighted by Crippen LogP contribution is -2.42. The Morgan fingerprint density at radius 3 is 2.82 bits per heavy atom.